The molecule has 1 aromatic rings. The Bertz CT molecular complexity index is 460. The molecule has 4 nitrogen and oxygen atoms in total. The minimum atomic E-state index is 0.0425. The number of amides is 1. The molecule has 0 aromatic heterocycles. The van der Waals surface area contributed by atoms with Crippen molar-refractivity contribution >= 4 is 5.91 Å². The fourth-order valence-corrected chi connectivity index (χ4v) is 2.69. The Kier molecular flexibility index (Phi) is 5.41. The molecule has 1 aliphatic carbocycles. The molecule has 0 heterocycles. The molecule has 0 aliphatic heterocycles. The molecule has 20 heavy (non-hydrogen) atoms. The summed E-state index contributed by atoms with van der Waals surface area (Å²) >= 11 is 0. The van der Waals surface area contributed by atoms with Crippen molar-refractivity contribution in [3.63, 3.8) is 0 Å². The van der Waals surface area contributed by atoms with Gasteiger partial charge in [0.15, 0.2) is 0 Å². The first-order chi connectivity index (χ1) is 9.74. The van der Waals surface area contributed by atoms with Gasteiger partial charge in [0.05, 0.1) is 13.0 Å². The molecule has 1 amide bonds. The second-order valence-corrected chi connectivity index (χ2v) is 5.06. The molecule has 1 aromatic carbocycles. The number of carbonyl (C=O) groups is 1. The number of hydrogen-bond acceptors (Lipinski definition) is 3. The summed E-state index contributed by atoms with van der Waals surface area (Å²) in [5.74, 6) is 0.908. The van der Waals surface area contributed by atoms with Gasteiger partial charge in [-0.05, 0) is 49.6 Å². The minimum Gasteiger partial charge on any atom is -0.493 e. The third-order valence-corrected chi connectivity index (χ3v) is 3.61. The molecule has 0 radical (unpaired) electrons. The highest BCUT2D eigenvalue weighted by Crippen LogP contribution is 2.33. The highest BCUT2D eigenvalue weighted by molar-refractivity contribution is 5.75. The van der Waals surface area contributed by atoms with Crippen molar-refractivity contribution in [3.05, 3.63) is 29.3 Å². The Hall–Kier alpha value is -1.55. The standard InChI is InChI=1S/C16H24N2O2/c1-3-17-15-8-5-12-11-13(6-7-14(12)15)20-10-9-16(19)18-4-2/h6-7,11,15,17H,3-5,8-10H2,1-2H3,(H,18,19). The van der Waals surface area contributed by atoms with E-state index in [2.05, 4.69) is 29.7 Å². The molecule has 1 atom stereocenters. The molecule has 1 aliphatic rings. The summed E-state index contributed by atoms with van der Waals surface area (Å²) in [5.41, 5.74) is 2.76. The Balaban J connectivity index is 1.87. The normalized spacial score (nSPS) is 16.8. The maximum atomic E-state index is 11.3. The molecule has 0 spiro atoms. The fraction of sp³-hybridized carbons (Fsp3) is 0.562. The monoisotopic (exact) mass is 276 g/mol. The Morgan fingerprint density at radius 1 is 1.35 bits per heavy atom. The first kappa shape index (κ1) is 14.9. The summed E-state index contributed by atoms with van der Waals surface area (Å²) < 4.78 is 5.66. The molecule has 0 saturated carbocycles. The lowest BCUT2D eigenvalue weighted by atomic mass is 10.1. The van der Waals surface area contributed by atoms with Crippen LogP contribution < -0.4 is 15.4 Å². The lowest BCUT2D eigenvalue weighted by molar-refractivity contribution is -0.121. The molecule has 4 heteroatoms. The number of hydrogen-bond donors (Lipinski definition) is 2. The maximum Gasteiger partial charge on any atom is 0.223 e. The first-order valence-electron chi connectivity index (χ1n) is 7.50. The van der Waals surface area contributed by atoms with E-state index in [1.807, 2.05) is 13.0 Å². The minimum absolute atomic E-state index is 0.0425. The third-order valence-electron chi connectivity index (χ3n) is 3.61. The molecule has 2 N–H and O–H groups in total. The van der Waals surface area contributed by atoms with Crippen LogP contribution in [0, 0.1) is 0 Å². The number of nitrogens with one attached hydrogen (secondary N) is 2. The van der Waals surface area contributed by atoms with Gasteiger partial charge in [-0.25, -0.2) is 0 Å². The molecular formula is C16H24N2O2. The van der Waals surface area contributed by atoms with E-state index in [0.717, 1.165) is 25.1 Å². The zero-order valence-electron chi connectivity index (χ0n) is 12.4. The van der Waals surface area contributed by atoms with Gasteiger partial charge in [0.25, 0.3) is 0 Å². The van der Waals surface area contributed by atoms with Crippen LogP contribution in [0.4, 0.5) is 0 Å². The highest BCUT2D eigenvalue weighted by Gasteiger charge is 2.21. The lowest BCUT2D eigenvalue weighted by Gasteiger charge is -2.13. The average molecular weight is 276 g/mol. The number of benzene rings is 1. The van der Waals surface area contributed by atoms with Crippen LogP contribution in [0.25, 0.3) is 0 Å². The van der Waals surface area contributed by atoms with Crippen LogP contribution in [-0.4, -0.2) is 25.6 Å². The Labute approximate surface area is 120 Å². The number of carbonyl (C=O) groups excluding carboxylic acids is 1. The van der Waals surface area contributed by atoms with Crippen molar-refractivity contribution in [3.8, 4) is 5.75 Å². The largest absolute Gasteiger partial charge is 0.493 e. The van der Waals surface area contributed by atoms with Crippen molar-refractivity contribution in [2.45, 2.75) is 39.2 Å². The van der Waals surface area contributed by atoms with Crippen molar-refractivity contribution in [1.82, 2.24) is 10.6 Å². The summed E-state index contributed by atoms with van der Waals surface area (Å²) in [7, 11) is 0. The molecule has 2 rings (SSSR count). The third kappa shape index (κ3) is 3.73. The van der Waals surface area contributed by atoms with Crippen molar-refractivity contribution < 1.29 is 9.53 Å². The van der Waals surface area contributed by atoms with Crippen molar-refractivity contribution in [2.24, 2.45) is 0 Å². The second kappa shape index (κ2) is 7.29. The van der Waals surface area contributed by atoms with Gasteiger partial charge in [-0.15, -0.1) is 0 Å². The van der Waals surface area contributed by atoms with Crippen LogP contribution >= 0.6 is 0 Å². The molecule has 0 fully saturated rings. The first-order valence-corrected chi connectivity index (χ1v) is 7.50. The smallest absolute Gasteiger partial charge is 0.223 e. The number of aryl methyl sites for hydroxylation is 1. The average Bonchev–Trinajstić information content (AvgIpc) is 2.82. The maximum absolute atomic E-state index is 11.3. The highest BCUT2D eigenvalue weighted by atomic mass is 16.5. The quantitative estimate of drug-likeness (QED) is 0.802. The van der Waals surface area contributed by atoms with Crippen molar-refractivity contribution in [2.75, 3.05) is 19.7 Å². The molecule has 110 valence electrons. The van der Waals surface area contributed by atoms with E-state index in [4.69, 9.17) is 4.74 Å². The molecule has 1 unspecified atom stereocenters. The zero-order chi connectivity index (χ0) is 14.4. The van der Waals surface area contributed by atoms with E-state index >= 15 is 0 Å². The summed E-state index contributed by atoms with van der Waals surface area (Å²) in [6.07, 6.45) is 2.66. The predicted molar refractivity (Wildman–Crippen MR) is 80.0 cm³/mol. The van der Waals surface area contributed by atoms with E-state index < -0.39 is 0 Å². The zero-order valence-corrected chi connectivity index (χ0v) is 12.4. The summed E-state index contributed by atoms with van der Waals surface area (Å²) in [6, 6.07) is 6.76. The number of fused-ring (bicyclic) bond motifs is 1. The van der Waals surface area contributed by atoms with Crippen LogP contribution in [0.1, 0.15) is 43.9 Å². The van der Waals surface area contributed by atoms with Crippen LogP contribution in [0.3, 0.4) is 0 Å². The van der Waals surface area contributed by atoms with E-state index in [1.165, 1.54) is 11.1 Å². The molecular weight excluding hydrogens is 252 g/mol. The predicted octanol–water partition coefficient (Wildman–Crippen LogP) is 2.19. The fourth-order valence-electron chi connectivity index (χ4n) is 2.69. The number of ether oxygens (including phenoxy) is 1. The van der Waals surface area contributed by atoms with Gasteiger partial charge >= 0.3 is 0 Å². The van der Waals surface area contributed by atoms with E-state index in [0.29, 0.717) is 25.6 Å². The summed E-state index contributed by atoms with van der Waals surface area (Å²) in [5, 5.41) is 6.26. The number of rotatable bonds is 7. The van der Waals surface area contributed by atoms with Gasteiger partial charge in [-0.3, -0.25) is 4.79 Å². The Morgan fingerprint density at radius 2 is 2.20 bits per heavy atom. The molecule has 0 saturated heterocycles. The topological polar surface area (TPSA) is 50.4 Å². The van der Waals surface area contributed by atoms with Crippen LogP contribution in [0.5, 0.6) is 5.75 Å². The van der Waals surface area contributed by atoms with Gasteiger partial charge < -0.3 is 15.4 Å². The van der Waals surface area contributed by atoms with Gasteiger partial charge in [0, 0.05) is 12.6 Å². The van der Waals surface area contributed by atoms with Crippen LogP contribution in [0.2, 0.25) is 0 Å². The summed E-state index contributed by atoms with van der Waals surface area (Å²) in [6.45, 7) is 6.15. The Morgan fingerprint density at radius 3 is 2.95 bits per heavy atom. The van der Waals surface area contributed by atoms with Crippen molar-refractivity contribution in [1.29, 1.82) is 0 Å². The van der Waals surface area contributed by atoms with Gasteiger partial charge in [-0.1, -0.05) is 13.0 Å². The summed E-state index contributed by atoms with van der Waals surface area (Å²) in [4.78, 5) is 11.3. The van der Waals surface area contributed by atoms with Gasteiger partial charge in [-0.2, -0.15) is 0 Å². The van der Waals surface area contributed by atoms with E-state index in [-0.39, 0.29) is 5.91 Å². The second-order valence-electron chi connectivity index (χ2n) is 5.06. The van der Waals surface area contributed by atoms with Crippen LogP contribution in [-0.2, 0) is 11.2 Å². The SMILES string of the molecule is CCNC(=O)CCOc1ccc2c(c1)CCC2NCC. The molecule has 0 bridgehead atoms. The van der Waals surface area contributed by atoms with E-state index in [9.17, 15) is 4.79 Å². The van der Waals surface area contributed by atoms with Gasteiger partial charge in [0.2, 0.25) is 5.91 Å². The van der Waals surface area contributed by atoms with Crippen LogP contribution in [0.15, 0.2) is 18.2 Å². The van der Waals surface area contributed by atoms with Gasteiger partial charge in [0.1, 0.15) is 5.75 Å². The van der Waals surface area contributed by atoms with E-state index in [1.54, 1.807) is 0 Å². The lowest BCUT2D eigenvalue weighted by Crippen LogP contribution is -2.24.